The number of hydrogen-bond acceptors (Lipinski definition) is 5. The van der Waals surface area contributed by atoms with Crippen LogP contribution < -0.4 is 9.47 Å². The zero-order valence-electron chi connectivity index (χ0n) is 16.5. The number of methoxy groups -OCH3 is 2. The third kappa shape index (κ3) is 4.90. The fraction of sp³-hybridized carbons (Fsp3) is 0.476. The molecule has 0 amide bonds. The number of rotatable bonds is 9. The number of aromatic nitrogens is 2. The van der Waals surface area contributed by atoms with Gasteiger partial charge in [0.15, 0.2) is 0 Å². The van der Waals surface area contributed by atoms with E-state index in [0.29, 0.717) is 0 Å². The quantitative estimate of drug-likeness (QED) is 0.675. The van der Waals surface area contributed by atoms with Crippen LogP contribution in [0.2, 0.25) is 0 Å². The highest BCUT2D eigenvalue weighted by atomic mass is 16.5. The summed E-state index contributed by atoms with van der Waals surface area (Å²) in [7, 11) is 3.39. The van der Waals surface area contributed by atoms with Crippen LogP contribution in [0, 0.1) is 6.92 Å². The number of ether oxygens (including phenoxy) is 3. The van der Waals surface area contributed by atoms with E-state index in [0.717, 1.165) is 61.8 Å². The first-order valence-electron chi connectivity index (χ1n) is 9.35. The van der Waals surface area contributed by atoms with Crippen molar-refractivity contribution in [3.05, 3.63) is 47.8 Å². The minimum atomic E-state index is 0.274. The lowest BCUT2D eigenvalue weighted by molar-refractivity contribution is 0.0675. The molecule has 2 heterocycles. The Balaban J connectivity index is 1.82. The predicted molar refractivity (Wildman–Crippen MR) is 106 cm³/mol. The monoisotopic (exact) mass is 371 g/mol. The van der Waals surface area contributed by atoms with Gasteiger partial charge in [0.25, 0.3) is 0 Å². The zero-order chi connectivity index (χ0) is 19.2. The normalized spacial score (nSPS) is 16.7. The van der Waals surface area contributed by atoms with Crippen molar-refractivity contribution in [3.8, 4) is 11.5 Å². The van der Waals surface area contributed by atoms with Crippen molar-refractivity contribution >= 4 is 6.20 Å². The van der Waals surface area contributed by atoms with Gasteiger partial charge < -0.3 is 14.2 Å². The molecule has 1 atom stereocenters. The number of hydrogen-bond donors (Lipinski definition) is 0. The third-order valence-corrected chi connectivity index (χ3v) is 4.97. The molecule has 0 bridgehead atoms. The van der Waals surface area contributed by atoms with Gasteiger partial charge in [-0.25, -0.2) is 4.68 Å². The molecule has 0 aliphatic carbocycles. The lowest BCUT2D eigenvalue weighted by Crippen LogP contribution is -2.31. The van der Waals surface area contributed by atoms with Crippen LogP contribution in [0.1, 0.15) is 29.7 Å². The molecule has 1 fully saturated rings. The van der Waals surface area contributed by atoms with E-state index in [4.69, 9.17) is 14.2 Å². The number of benzene rings is 1. The van der Waals surface area contributed by atoms with E-state index in [9.17, 15) is 0 Å². The molecule has 1 aromatic heterocycles. The number of nitrogens with zero attached hydrogens (tertiary/aromatic N) is 3. The van der Waals surface area contributed by atoms with Crippen LogP contribution in [0.15, 0.2) is 31.0 Å². The first-order valence-corrected chi connectivity index (χ1v) is 9.35. The van der Waals surface area contributed by atoms with Gasteiger partial charge in [-0.1, -0.05) is 6.58 Å². The van der Waals surface area contributed by atoms with E-state index >= 15 is 0 Å². The first kappa shape index (κ1) is 19.5. The SMILES string of the molecule is C=Cn1cc(CN(Cc2cc(OC)ccc2OC)CC2CCCO2)c(C)n1. The molecule has 3 rings (SSSR count). The zero-order valence-corrected chi connectivity index (χ0v) is 16.5. The predicted octanol–water partition coefficient (Wildman–Crippen LogP) is 3.49. The minimum absolute atomic E-state index is 0.274. The molecule has 1 aliphatic rings. The summed E-state index contributed by atoms with van der Waals surface area (Å²) in [5.74, 6) is 1.70. The summed E-state index contributed by atoms with van der Waals surface area (Å²) in [6, 6.07) is 5.92. The molecule has 27 heavy (non-hydrogen) atoms. The Morgan fingerprint density at radius 3 is 2.74 bits per heavy atom. The van der Waals surface area contributed by atoms with E-state index in [-0.39, 0.29) is 6.10 Å². The van der Waals surface area contributed by atoms with E-state index in [1.807, 2.05) is 31.3 Å². The molecule has 6 heteroatoms. The van der Waals surface area contributed by atoms with Crippen molar-refractivity contribution in [1.29, 1.82) is 0 Å². The lowest BCUT2D eigenvalue weighted by atomic mass is 10.1. The molecule has 0 saturated carbocycles. The highest BCUT2D eigenvalue weighted by Crippen LogP contribution is 2.27. The molecule has 1 aromatic carbocycles. The standard InChI is InChI=1S/C21H29N3O3/c1-5-24-14-18(16(2)22-24)13-23(15-20-7-6-10-27-20)12-17-11-19(25-3)8-9-21(17)26-4/h5,8-9,11,14,20H,1,6-7,10,12-13,15H2,2-4H3. The summed E-state index contributed by atoms with van der Waals surface area (Å²) in [4.78, 5) is 2.39. The van der Waals surface area contributed by atoms with Gasteiger partial charge >= 0.3 is 0 Å². The summed E-state index contributed by atoms with van der Waals surface area (Å²) in [5.41, 5.74) is 3.31. The van der Waals surface area contributed by atoms with Gasteiger partial charge in [0, 0.05) is 49.8 Å². The van der Waals surface area contributed by atoms with Gasteiger partial charge in [0.1, 0.15) is 11.5 Å². The molecule has 0 N–H and O–H groups in total. The molecule has 1 saturated heterocycles. The molecule has 0 radical (unpaired) electrons. The molecule has 6 nitrogen and oxygen atoms in total. The summed E-state index contributed by atoms with van der Waals surface area (Å²) in [5, 5.41) is 4.48. The fourth-order valence-electron chi connectivity index (χ4n) is 3.52. The second-order valence-electron chi connectivity index (χ2n) is 6.88. The Hall–Kier alpha value is -2.31. The van der Waals surface area contributed by atoms with Crippen LogP contribution in [-0.2, 0) is 17.8 Å². The molecule has 2 aromatic rings. The Morgan fingerprint density at radius 2 is 2.11 bits per heavy atom. The van der Waals surface area contributed by atoms with Gasteiger partial charge in [-0.2, -0.15) is 5.10 Å². The highest BCUT2D eigenvalue weighted by Gasteiger charge is 2.21. The van der Waals surface area contributed by atoms with Crippen LogP contribution in [0.3, 0.4) is 0 Å². The summed E-state index contributed by atoms with van der Waals surface area (Å²) < 4.78 is 18.6. The second kappa shape index (κ2) is 9.06. The van der Waals surface area contributed by atoms with Crippen molar-refractivity contribution in [2.24, 2.45) is 0 Å². The first-order chi connectivity index (χ1) is 13.1. The number of aryl methyl sites for hydroxylation is 1. The minimum Gasteiger partial charge on any atom is -0.497 e. The molecular weight excluding hydrogens is 342 g/mol. The van der Waals surface area contributed by atoms with Gasteiger partial charge in [0.2, 0.25) is 0 Å². The van der Waals surface area contributed by atoms with Crippen LogP contribution in [0.4, 0.5) is 0 Å². The molecular formula is C21H29N3O3. The van der Waals surface area contributed by atoms with E-state index < -0.39 is 0 Å². The second-order valence-corrected chi connectivity index (χ2v) is 6.88. The molecule has 0 spiro atoms. The Labute approximate surface area is 161 Å². The molecule has 146 valence electrons. The van der Waals surface area contributed by atoms with Crippen molar-refractivity contribution in [1.82, 2.24) is 14.7 Å². The van der Waals surface area contributed by atoms with Crippen LogP contribution >= 0.6 is 0 Å². The highest BCUT2D eigenvalue weighted by molar-refractivity contribution is 5.40. The van der Waals surface area contributed by atoms with Gasteiger partial charge in [-0.15, -0.1) is 0 Å². The summed E-state index contributed by atoms with van der Waals surface area (Å²) in [6.45, 7) is 9.10. The van der Waals surface area contributed by atoms with Gasteiger partial charge in [0.05, 0.1) is 26.0 Å². The average molecular weight is 371 g/mol. The van der Waals surface area contributed by atoms with Crippen molar-refractivity contribution in [2.45, 2.75) is 39.0 Å². The molecule has 1 unspecified atom stereocenters. The average Bonchev–Trinajstić information content (AvgIpc) is 3.31. The van der Waals surface area contributed by atoms with Crippen molar-refractivity contribution < 1.29 is 14.2 Å². The van der Waals surface area contributed by atoms with Crippen LogP contribution in [-0.4, -0.2) is 48.2 Å². The summed E-state index contributed by atoms with van der Waals surface area (Å²) >= 11 is 0. The lowest BCUT2D eigenvalue weighted by Gasteiger charge is -2.26. The summed E-state index contributed by atoms with van der Waals surface area (Å²) in [6.07, 6.45) is 6.27. The third-order valence-electron chi connectivity index (χ3n) is 4.97. The smallest absolute Gasteiger partial charge is 0.123 e. The van der Waals surface area contributed by atoms with E-state index in [1.54, 1.807) is 25.1 Å². The Morgan fingerprint density at radius 1 is 1.30 bits per heavy atom. The van der Waals surface area contributed by atoms with E-state index in [2.05, 4.69) is 16.6 Å². The fourth-order valence-corrected chi connectivity index (χ4v) is 3.52. The van der Waals surface area contributed by atoms with Crippen molar-refractivity contribution in [3.63, 3.8) is 0 Å². The maximum Gasteiger partial charge on any atom is 0.123 e. The maximum atomic E-state index is 5.88. The van der Waals surface area contributed by atoms with Crippen LogP contribution in [0.25, 0.3) is 6.20 Å². The topological polar surface area (TPSA) is 48.8 Å². The van der Waals surface area contributed by atoms with Crippen LogP contribution in [0.5, 0.6) is 11.5 Å². The maximum absolute atomic E-state index is 5.88. The van der Waals surface area contributed by atoms with E-state index in [1.165, 1.54) is 5.56 Å². The Kier molecular flexibility index (Phi) is 6.53. The van der Waals surface area contributed by atoms with Gasteiger partial charge in [-0.05, 0) is 38.0 Å². The molecule has 1 aliphatic heterocycles. The largest absolute Gasteiger partial charge is 0.497 e. The Bertz CT molecular complexity index is 766. The van der Waals surface area contributed by atoms with Gasteiger partial charge in [-0.3, -0.25) is 4.90 Å². The van der Waals surface area contributed by atoms with Crippen molar-refractivity contribution in [2.75, 3.05) is 27.4 Å².